The zero-order valence-electron chi connectivity index (χ0n) is 13.2. The number of fused-ring (bicyclic) bond motifs is 1. The van der Waals surface area contributed by atoms with Crippen molar-refractivity contribution in [2.24, 2.45) is 11.3 Å². The van der Waals surface area contributed by atoms with Gasteiger partial charge in [0.25, 0.3) is 5.56 Å². The maximum Gasteiger partial charge on any atom is 0.316 e. The Balaban J connectivity index is 1.60. The maximum absolute atomic E-state index is 12.1. The molecule has 2 aliphatic carbocycles. The van der Waals surface area contributed by atoms with Gasteiger partial charge < -0.3 is 15.0 Å². The third kappa shape index (κ3) is 2.89. The maximum atomic E-state index is 12.1. The Kier molecular flexibility index (Phi) is 4.23. The van der Waals surface area contributed by atoms with Crippen molar-refractivity contribution in [2.75, 3.05) is 11.5 Å². The van der Waals surface area contributed by atoms with E-state index in [1.54, 1.807) is 10.6 Å². The first-order valence-corrected chi connectivity index (χ1v) is 8.73. The van der Waals surface area contributed by atoms with E-state index in [-0.39, 0.29) is 23.2 Å². The number of nitrogen functional groups attached to an aromatic ring is 1. The lowest BCUT2D eigenvalue weighted by atomic mass is 9.47. The quantitative estimate of drug-likeness (QED) is 0.369. The summed E-state index contributed by atoms with van der Waals surface area (Å²) in [7, 11) is 0. The summed E-state index contributed by atoms with van der Waals surface area (Å²) in [5.41, 5.74) is 5.61. The first kappa shape index (κ1) is 16.1. The number of esters is 1. The largest absolute Gasteiger partial charge is 0.461 e. The van der Waals surface area contributed by atoms with Gasteiger partial charge in [-0.25, -0.2) is 0 Å². The fraction of sp³-hybridized carbons (Fsp3) is 0.562. The van der Waals surface area contributed by atoms with Crippen molar-refractivity contribution in [3.05, 3.63) is 29.1 Å². The molecule has 1 aromatic heterocycles. The Morgan fingerprint density at radius 2 is 2.48 bits per heavy atom. The highest BCUT2D eigenvalue weighted by molar-refractivity contribution is 7.99. The fourth-order valence-electron chi connectivity index (χ4n) is 3.41. The van der Waals surface area contributed by atoms with Crippen LogP contribution in [-0.4, -0.2) is 27.4 Å². The van der Waals surface area contributed by atoms with Crippen molar-refractivity contribution in [2.45, 2.75) is 44.0 Å². The average molecular weight is 335 g/mol. The normalized spacial score (nSPS) is 28.2. The van der Waals surface area contributed by atoms with E-state index in [2.05, 4.69) is 18.5 Å². The molecule has 2 fully saturated rings. The third-order valence-electron chi connectivity index (χ3n) is 5.12. The number of rotatable bonds is 6. The van der Waals surface area contributed by atoms with Crippen LogP contribution in [0.15, 0.2) is 28.7 Å². The molecular weight excluding hydrogens is 314 g/mol. The summed E-state index contributed by atoms with van der Waals surface area (Å²) in [6.45, 7) is 6.28. The molecule has 0 aromatic carbocycles. The standard InChI is InChI=1S/C16H21N3O3S/c1-3-6-19-12(17)8-13(20)18-15(19)23-9-14(21)22-11-7-10-4-5-16(10,11)2/h3,8,10-11H,1,4-7,9,17H2,2H3/t10-,11-,16-/m1/s1. The first-order chi connectivity index (χ1) is 10.9. The second-order valence-corrected chi connectivity index (χ2v) is 7.39. The summed E-state index contributed by atoms with van der Waals surface area (Å²) in [6.07, 6.45) is 5.07. The number of hydrogen-bond donors (Lipinski definition) is 1. The Morgan fingerprint density at radius 1 is 1.70 bits per heavy atom. The molecule has 1 aromatic rings. The number of aromatic nitrogens is 2. The van der Waals surface area contributed by atoms with Crippen LogP contribution in [0.3, 0.4) is 0 Å². The number of nitrogens with two attached hydrogens (primary N) is 1. The zero-order chi connectivity index (χ0) is 16.6. The number of anilines is 1. The molecule has 124 valence electrons. The van der Waals surface area contributed by atoms with Gasteiger partial charge in [0.15, 0.2) is 5.16 Å². The highest BCUT2D eigenvalue weighted by Gasteiger charge is 2.59. The number of nitrogens with zero attached hydrogens (tertiary/aromatic N) is 2. The predicted octanol–water partition coefficient (Wildman–Crippen LogP) is 1.84. The number of hydrogen-bond acceptors (Lipinski definition) is 6. The van der Waals surface area contributed by atoms with Crippen molar-refractivity contribution in [3.8, 4) is 0 Å². The van der Waals surface area contributed by atoms with Gasteiger partial charge in [-0.1, -0.05) is 24.8 Å². The average Bonchev–Trinajstić information content (AvgIpc) is 2.50. The topological polar surface area (TPSA) is 87.2 Å². The Hall–Kier alpha value is -1.76. The van der Waals surface area contributed by atoms with E-state index in [9.17, 15) is 9.59 Å². The van der Waals surface area contributed by atoms with Gasteiger partial charge in [0.1, 0.15) is 11.9 Å². The van der Waals surface area contributed by atoms with Crippen LogP contribution in [0, 0.1) is 11.3 Å². The van der Waals surface area contributed by atoms with Gasteiger partial charge in [0, 0.05) is 18.0 Å². The molecule has 3 atom stereocenters. The van der Waals surface area contributed by atoms with Crippen LogP contribution in [-0.2, 0) is 16.1 Å². The molecule has 0 amide bonds. The number of ether oxygens (including phenoxy) is 1. The van der Waals surface area contributed by atoms with Crippen LogP contribution in [0.5, 0.6) is 0 Å². The van der Waals surface area contributed by atoms with E-state index < -0.39 is 5.56 Å². The molecule has 2 saturated carbocycles. The number of thioether (sulfide) groups is 1. The van der Waals surface area contributed by atoms with Crippen LogP contribution >= 0.6 is 11.8 Å². The smallest absolute Gasteiger partial charge is 0.316 e. The number of allylic oxidation sites excluding steroid dienone is 1. The molecule has 0 saturated heterocycles. The summed E-state index contributed by atoms with van der Waals surface area (Å²) in [4.78, 5) is 27.5. The van der Waals surface area contributed by atoms with Gasteiger partial charge >= 0.3 is 5.97 Å². The monoisotopic (exact) mass is 335 g/mol. The lowest BCUT2D eigenvalue weighted by Gasteiger charge is -2.61. The van der Waals surface area contributed by atoms with Crippen LogP contribution in [0.4, 0.5) is 5.82 Å². The summed E-state index contributed by atoms with van der Waals surface area (Å²) in [6, 6.07) is 1.26. The summed E-state index contributed by atoms with van der Waals surface area (Å²) in [5.74, 6) is 0.879. The number of carbonyl (C=O) groups is 1. The Morgan fingerprint density at radius 3 is 3.04 bits per heavy atom. The van der Waals surface area contributed by atoms with Gasteiger partial charge in [0.2, 0.25) is 0 Å². The van der Waals surface area contributed by atoms with Crippen molar-refractivity contribution in [1.82, 2.24) is 9.55 Å². The van der Waals surface area contributed by atoms with Crippen LogP contribution in [0.25, 0.3) is 0 Å². The summed E-state index contributed by atoms with van der Waals surface area (Å²) >= 11 is 1.17. The molecule has 2 N–H and O–H groups in total. The minimum Gasteiger partial charge on any atom is -0.461 e. The molecular formula is C16H21N3O3S. The highest BCUT2D eigenvalue weighted by atomic mass is 32.2. The second-order valence-electron chi connectivity index (χ2n) is 6.45. The molecule has 3 rings (SSSR count). The molecule has 23 heavy (non-hydrogen) atoms. The first-order valence-electron chi connectivity index (χ1n) is 7.74. The molecule has 0 unspecified atom stereocenters. The minimum atomic E-state index is -0.414. The highest BCUT2D eigenvalue weighted by Crippen LogP contribution is 2.61. The predicted molar refractivity (Wildman–Crippen MR) is 89.2 cm³/mol. The summed E-state index contributed by atoms with van der Waals surface area (Å²) in [5, 5.41) is 0.410. The van der Waals surface area contributed by atoms with E-state index in [1.807, 2.05) is 0 Å². The van der Waals surface area contributed by atoms with E-state index in [4.69, 9.17) is 10.5 Å². The van der Waals surface area contributed by atoms with Crippen molar-refractivity contribution >= 4 is 23.5 Å². The van der Waals surface area contributed by atoms with Gasteiger partial charge in [-0.15, -0.1) is 6.58 Å². The van der Waals surface area contributed by atoms with Crippen molar-refractivity contribution in [1.29, 1.82) is 0 Å². The lowest BCUT2D eigenvalue weighted by molar-refractivity contribution is -0.205. The van der Waals surface area contributed by atoms with Gasteiger partial charge in [-0.2, -0.15) is 4.98 Å². The Bertz CT molecular complexity index is 702. The van der Waals surface area contributed by atoms with E-state index in [1.165, 1.54) is 24.2 Å². The second kappa shape index (κ2) is 6.03. The molecule has 0 bridgehead atoms. The van der Waals surface area contributed by atoms with Crippen molar-refractivity contribution < 1.29 is 9.53 Å². The van der Waals surface area contributed by atoms with Crippen LogP contribution in [0.1, 0.15) is 26.2 Å². The van der Waals surface area contributed by atoms with E-state index >= 15 is 0 Å². The zero-order valence-corrected chi connectivity index (χ0v) is 14.0. The Labute approximate surface area is 139 Å². The van der Waals surface area contributed by atoms with Crippen LogP contribution < -0.4 is 11.3 Å². The molecule has 7 heteroatoms. The number of carbonyl (C=O) groups excluding carboxylic acids is 1. The molecule has 6 nitrogen and oxygen atoms in total. The van der Waals surface area contributed by atoms with Gasteiger partial charge in [-0.3, -0.25) is 9.59 Å². The van der Waals surface area contributed by atoms with E-state index in [0.29, 0.717) is 17.5 Å². The van der Waals surface area contributed by atoms with Gasteiger partial charge in [-0.05, 0) is 25.2 Å². The van der Waals surface area contributed by atoms with E-state index in [0.717, 1.165) is 18.8 Å². The SMILES string of the molecule is C=CCn1c(N)cc(=O)nc1SCC(=O)O[C@@H]1C[C@H]2CC[C@]21C. The van der Waals surface area contributed by atoms with Gasteiger partial charge in [0.05, 0.1) is 5.75 Å². The molecule has 1 heterocycles. The molecule has 0 aliphatic heterocycles. The van der Waals surface area contributed by atoms with Crippen LogP contribution in [0.2, 0.25) is 0 Å². The molecule has 0 spiro atoms. The summed E-state index contributed by atoms with van der Waals surface area (Å²) < 4.78 is 7.23. The van der Waals surface area contributed by atoms with Crippen molar-refractivity contribution in [3.63, 3.8) is 0 Å². The molecule has 2 aliphatic rings. The minimum absolute atomic E-state index is 0.0403. The molecule has 0 radical (unpaired) electrons. The third-order valence-corrected chi connectivity index (χ3v) is 6.07. The lowest BCUT2D eigenvalue weighted by Crippen LogP contribution is -2.59. The fourth-order valence-corrected chi connectivity index (χ4v) is 4.21.